The molecule has 0 heterocycles. The van der Waals surface area contributed by atoms with Gasteiger partial charge in [0.2, 0.25) is 0 Å². The molecule has 1 atom stereocenters. The van der Waals surface area contributed by atoms with E-state index in [9.17, 15) is 0 Å². The Labute approximate surface area is 121 Å². The zero-order valence-electron chi connectivity index (χ0n) is 12.3. The number of ether oxygens (including phenoxy) is 1. The molecule has 0 radical (unpaired) electrons. The third-order valence-electron chi connectivity index (χ3n) is 1.78. The summed E-state index contributed by atoms with van der Waals surface area (Å²) in [6.45, 7) is 12.0. The van der Waals surface area contributed by atoms with Gasteiger partial charge in [-0.3, -0.25) is 0 Å². The van der Waals surface area contributed by atoms with E-state index >= 15 is 0 Å². The van der Waals surface area contributed by atoms with Gasteiger partial charge >= 0.3 is 0 Å². The van der Waals surface area contributed by atoms with Crippen LogP contribution in [0.4, 0.5) is 0 Å². The van der Waals surface area contributed by atoms with E-state index in [1.165, 1.54) is 0 Å². The van der Waals surface area contributed by atoms with Crippen molar-refractivity contribution in [2.75, 3.05) is 13.2 Å². The Morgan fingerprint density at radius 3 is 2.44 bits per heavy atom. The maximum atomic E-state index is 5.80. The van der Waals surface area contributed by atoms with Crippen molar-refractivity contribution in [1.29, 1.82) is 0 Å². The highest BCUT2D eigenvalue weighted by molar-refractivity contribution is 8.77. The molecule has 0 spiro atoms. The second-order valence-corrected chi connectivity index (χ2v) is 8.63. The number of nitrogens with two attached hydrogens (primary N) is 1. The van der Waals surface area contributed by atoms with E-state index < -0.39 is 0 Å². The Kier molecular flexibility index (Phi) is 10.1. The molecule has 0 aromatic rings. The Bertz CT molecular complexity index is 263. The van der Waals surface area contributed by atoms with Gasteiger partial charge in [-0.15, -0.1) is 0 Å². The van der Waals surface area contributed by atoms with Crippen molar-refractivity contribution in [2.45, 2.75) is 57.6 Å². The average Bonchev–Trinajstić information content (AvgIpc) is 2.25. The summed E-state index contributed by atoms with van der Waals surface area (Å²) in [7, 11) is 3.66. The van der Waals surface area contributed by atoms with E-state index in [2.05, 4.69) is 46.5 Å². The number of rotatable bonds is 7. The van der Waals surface area contributed by atoms with Crippen LogP contribution in [-0.4, -0.2) is 23.3 Å². The van der Waals surface area contributed by atoms with Crippen LogP contribution in [0, 0.1) is 17.8 Å². The molecule has 4 heteroatoms. The first-order valence-corrected chi connectivity index (χ1v) is 8.71. The van der Waals surface area contributed by atoms with Gasteiger partial charge in [0.25, 0.3) is 0 Å². The average molecular weight is 290 g/mol. The third-order valence-corrected chi connectivity index (χ3v) is 5.40. The fourth-order valence-corrected chi connectivity index (χ4v) is 3.45. The van der Waals surface area contributed by atoms with Crippen LogP contribution in [0.3, 0.4) is 0 Å². The van der Waals surface area contributed by atoms with Crippen LogP contribution in [-0.2, 0) is 4.74 Å². The van der Waals surface area contributed by atoms with Gasteiger partial charge in [0.15, 0.2) is 0 Å². The van der Waals surface area contributed by atoms with Gasteiger partial charge in [-0.25, -0.2) is 0 Å². The molecule has 0 aliphatic carbocycles. The predicted octanol–water partition coefficient (Wildman–Crippen LogP) is 3.91. The normalized spacial score (nSPS) is 13.3. The predicted molar refractivity (Wildman–Crippen MR) is 85.6 cm³/mol. The minimum atomic E-state index is 0.194. The summed E-state index contributed by atoms with van der Waals surface area (Å²) >= 11 is 0. The molecule has 0 aromatic carbocycles. The standard InChI is InChI=1S/C14H27NOS2/c1-12(2)8-7-11-16-13(9-6-10-15)17-18-14(3,4)5/h12-13H,6,9-11,15H2,1-5H3. The zero-order chi connectivity index (χ0) is 14.0. The van der Waals surface area contributed by atoms with E-state index in [4.69, 9.17) is 10.5 Å². The van der Waals surface area contributed by atoms with Crippen LogP contribution in [0.1, 0.15) is 47.5 Å². The molecule has 0 bridgehead atoms. The fraction of sp³-hybridized carbons (Fsp3) is 0.857. The van der Waals surface area contributed by atoms with Crippen molar-refractivity contribution >= 4 is 21.6 Å². The smallest absolute Gasteiger partial charge is 0.114 e. The van der Waals surface area contributed by atoms with E-state index in [0.29, 0.717) is 12.5 Å². The molecule has 0 aromatic heterocycles. The second-order valence-electron chi connectivity index (χ2n) is 5.44. The van der Waals surface area contributed by atoms with Crippen LogP contribution in [0.25, 0.3) is 0 Å². The summed E-state index contributed by atoms with van der Waals surface area (Å²) in [4.78, 5) is 0. The highest BCUT2D eigenvalue weighted by Crippen LogP contribution is 2.39. The molecule has 106 valence electrons. The number of hydrogen-bond acceptors (Lipinski definition) is 4. The third kappa shape index (κ3) is 12.6. The summed E-state index contributed by atoms with van der Waals surface area (Å²) in [5.74, 6) is 6.59. The highest BCUT2D eigenvalue weighted by atomic mass is 33.1. The van der Waals surface area contributed by atoms with Gasteiger partial charge in [0.1, 0.15) is 12.0 Å². The Morgan fingerprint density at radius 1 is 1.28 bits per heavy atom. The van der Waals surface area contributed by atoms with Crippen LogP contribution < -0.4 is 5.73 Å². The molecular formula is C14H27NOS2. The van der Waals surface area contributed by atoms with Gasteiger partial charge < -0.3 is 10.5 Å². The summed E-state index contributed by atoms with van der Waals surface area (Å²) < 4.78 is 6.05. The SMILES string of the molecule is CC(C)C#CCOC(CCCN)SSC(C)(C)C. The lowest BCUT2D eigenvalue weighted by Gasteiger charge is -2.21. The first-order chi connectivity index (χ1) is 8.35. The van der Waals surface area contributed by atoms with Crippen molar-refractivity contribution in [3.05, 3.63) is 0 Å². The Hall–Kier alpha value is 0.180. The first-order valence-electron chi connectivity index (χ1n) is 6.49. The summed E-state index contributed by atoms with van der Waals surface area (Å²) in [5, 5.41) is 0. The van der Waals surface area contributed by atoms with Crippen molar-refractivity contribution in [3.63, 3.8) is 0 Å². The Morgan fingerprint density at radius 2 is 1.94 bits per heavy atom. The minimum Gasteiger partial charge on any atom is -0.354 e. The number of hydrogen-bond donors (Lipinski definition) is 1. The van der Waals surface area contributed by atoms with Gasteiger partial charge in [0.05, 0.1) is 0 Å². The van der Waals surface area contributed by atoms with Crippen molar-refractivity contribution in [3.8, 4) is 11.8 Å². The molecule has 0 aliphatic heterocycles. The first kappa shape index (κ1) is 18.2. The maximum Gasteiger partial charge on any atom is 0.114 e. The van der Waals surface area contributed by atoms with Crippen molar-refractivity contribution in [1.82, 2.24) is 0 Å². The van der Waals surface area contributed by atoms with Gasteiger partial charge in [-0.05, 0) is 19.4 Å². The van der Waals surface area contributed by atoms with Gasteiger partial charge in [0, 0.05) is 10.7 Å². The largest absolute Gasteiger partial charge is 0.354 e. The summed E-state index contributed by atoms with van der Waals surface area (Å²) in [5.41, 5.74) is 5.75. The topological polar surface area (TPSA) is 35.2 Å². The molecule has 2 N–H and O–H groups in total. The van der Waals surface area contributed by atoms with Crippen LogP contribution in [0.5, 0.6) is 0 Å². The molecule has 0 saturated heterocycles. The monoisotopic (exact) mass is 289 g/mol. The highest BCUT2D eigenvalue weighted by Gasteiger charge is 2.16. The minimum absolute atomic E-state index is 0.194. The van der Waals surface area contributed by atoms with Gasteiger partial charge in [-0.1, -0.05) is 68.0 Å². The summed E-state index contributed by atoms with van der Waals surface area (Å²) in [6, 6.07) is 0. The van der Waals surface area contributed by atoms with Crippen LogP contribution in [0.2, 0.25) is 0 Å². The quantitative estimate of drug-likeness (QED) is 0.438. The molecule has 0 saturated carbocycles. The van der Waals surface area contributed by atoms with Crippen molar-refractivity contribution < 1.29 is 4.74 Å². The van der Waals surface area contributed by atoms with Crippen LogP contribution in [0.15, 0.2) is 0 Å². The molecule has 18 heavy (non-hydrogen) atoms. The molecule has 1 unspecified atom stereocenters. The second kappa shape index (κ2) is 10.0. The molecule has 0 amide bonds. The van der Waals surface area contributed by atoms with Crippen LogP contribution >= 0.6 is 21.6 Å². The Balaban J connectivity index is 4.03. The zero-order valence-corrected chi connectivity index (χ0v) is 13.9. The lowest BCUT2D eigenvalue weighted by Crippen LogP contribution is -2.13. The summed E-state index contributed by atoms with van der Waals surface area (Å²) in [6.07, 6.45) is 1.99. The van der Waals surface area contributed by atoms with E-state index in [-0.39, 0.29) is 10.2 Å². The maximum absolute atomic E-state index is 5.80. The van der Waals surface area contributed by atoms with Gasteiger partial charge in [-0.2, -0.15) is 0 Å². The fourth-order valence-electron chi connectivity index (χ4n) is 1.02. The molecule has 0 fully saturated rings. The molecular weight excluding hydrogens is 262 g/mol. The molecule has 0 aliphatic rings. The van der Waals surface area contributed by atoms with E-state index in [1.807, 2.05) is 10.8 Å². The molecule has 2 nitrogen and oxygen atoms in total. The lowest BCUT2D eigenvalue weighted by atomic mass is 10.2. The lowest BCUT2D eigenvalue weighted by molar-refractivity contribution is 0.137. The van der Waals surface area contributed by atoms with E-state index in [1.54, 1.807) is 10.8 Å². The van der Waals surface area contributed by atoms with E-state index in [0.717, 1.165) is 19.4 Å². The van der Waals surface area contributed by atoms with Crippen molar-refractivity contribution in [2.24, 2.45) is 11.7 Å². The molecule has 0 rings (SSSR count).